The van der Waals surface area contributed by atoms with Gasteiger partial charge in [0.05, 0.1) is 5.56 Å². The van der Waals surface area contributed by atoms with Crippen LogP contribution in [0, 0.1) is 0 Å². The van der Waals surface area contributed by atoms with E-state index < -0.39 is 17.6 Å². The lowest BCUT2D eigenvalue weighted by Gasteiger charge is -2.12. The number of alkyl halides is 3. The predicted octanol–water partition coefficient (Wildman–Crippen LogP) is 5.73. The van der Waals surface area contributed by atoms with Gasteiger partial charge in [-0.15, -0.1) is 0 Å². The first kappa shape index (κ1) is 21.1. The molecule has 0 aliphatic carbocycles. The Morgan fingerprint density at radius 1 is 1.00 bits per heavy atom. The third-order valence-corrected chi connectivity index (χ3v) is 4.62. The molecule has 0 spiro atoms. The molecule has 9 heteroatoms. The first-order valence-corrected chi connectivity index (χ1v) is 9.53. The molecule has 32 heavy (non-hydrogen) atoms. The lowest BCUT2D eigenvalue weighted by Crippen LogP contribution is -2.13. The second kappa shape index (κ2) is 8.54. The van der Waals surface area contributed by atoms with Crippen molar-refractivity contribution in [1.29, 1.82) is 0 Å². The maximum atomic E-state index is 12.9. The molecule has 0 aliphatic rings. The third-order valence-electron chi connectivity index (χ3n) is 4.62. The maximum Gasteiger partial charge on any atom is 0.416 e. The van der Waals surface area contributed by atoms with Crippen molar-refractivity contribution in [3.63, 3.8) is 0 Å². The molecule has 0 radical (unpaired) electrons. The Hall–Kier alpha value is -4.14. The van der Waals surface area contributed by atoms with Crippen LogP contribution in [0.5, 0.6) is 11.6 Å². The molecule has 0 saturated heterocycles. The van der Waals surface area contributed by atoms with E-state index in [1.165, 1.54) is 12.1 Å². The quantitative estimate of drug-likeness (QED) is 0.416. The van der Waals surface area contributed by atoms with Crippen LogP contribution < -0.4 is 15.4 Å². The summed E-state index contributed by atoms with van der Waals surface area (Å²) in [5, 5.41) is 6.71. The number of hydrogen-bond donors (Lipinski definition) is 2. The fraction of sp³-hybridized carbons (Fsp3) is 0.0870. The van der Waals surface area contributed by atoms with Crippen LogP contribution in [0.4, 0.5) is 24.8 Å². The topological polar surface area (TPSA) is 76.1 Å². The zero-order valence-corrected chi connectivity index (χ0v) is 16.8. The molecule has 0 aliphatic heterocycles. The summed E-state index contributed by atoms with van der Waals surface area (Å²) in [5.41, 5.74) is -0.446. The summed E-state index contributed by atoms with van der Waals surface area (Å²) in [6.07, 6.45) is -2.93. The van der Waals surface area contributed by atoms with E-state index in [1.54, 1.807) is 49.6 Å². The minimum Gasteiger partial charge on any atom is -0.439 e. The van der Waals surface area contributed by atoms with Crippen LogP contribution in [0.25, 0.3) is 10.8 Å². The van der Waals surface area contributed by atoms with E-state index in [4.69, 9.17) is 4.74 Å². The third kappa shape index (κ3) is 4.61. The smallest absolute Gasteiger partial charge is 0.416 e. The van der Waals surface area contributed by atoms with E-state index in [0.29, 0.717) is 28.5 Å². The first-order valence-electron chi connectivity index (χ1n) is 9.53. The zero-order valence-electron chi connectivity index (χ0n) is 16.8. The zero-order chi connectivity index (χ0) is 22.7. The average molecular weight is 438 g/mol. The van der Waals surface area contributed by atoms with Crippen molar-refractivity contribution in [3.05, 3.63) is 84.1 Å². The second-order valence-electron chi connectivity index (χ2n) is 6.79. The van der Waals surface area contributed by atoms with Crippen LogP contribution in [0.2, 0.25) is 0 Å². The van der Waals surface area contributed by atoms with Crippen molar-refractivity contribution < 1.29 is 22.7 Å². The molecule has 0 fully saturated rings. The Labute approximate surface area is 181 Å². The number of carbonyl (C=O) groups excluding carboxylic acids is 1. The molecule has 1 heterocycles. The predicted molar refractivity (Wildman–Crippen MR) is 115 cm³/mol. The molecule has 4 rings (SSSR count). The van der Waals surface area contributed by atoms with Crippen LogP contribution in [-0.4, -0.2) is 22.9 Å². The van der Waals surface area contributed by atoms with Crippen molar-refractivity contribution in [2.75, 3.05) is 17.7 Å². The molecule has 0 atom stereocenters. The number of nitrogens with zero attached hydrogens (tertiary/aromatic N) is 2. The van der Waals surface area contributed by atoms with Gasteiger partial charge in [-0.25, -0.2) is 4.98 Å². The van der Waals surface area contributed by atoms with E-state index in [2.05, 4.69) is 20.6 Å². The van der Waals surface area contributed by atoms with Gasteiger partial charge in [0.1, 0.15) is 5.75 Å². The van der Waals surface area contributed by atoms with Crippen molar-refractivity contribution in [1.82, 2.24) is 9.97 Å². The highest BCUT2D eigenvalue weighted by atomic mass is 19.4. The number of hydrogen-bond acceptors (Lipinski definition) is 5. The van der Waals surface area contributed by atoms with E-state index in [0.717, 1.165) is 17.5 Å². The van der Waals surface area contributed by atoms with Crippen LogP contribution in [-0.2, 0) is 6.18 Å². The molecule has 162 valence electrons. The van der Waals surface area contributed by atoms with Crippen molar-refractivity contribution >= 4 is 28.3 Å². The molecule has 6 nitrogen and oxygen atoms in total. The minimum atomic E-state index is -4.49. The standard InChI is InChI=1S/C23H17F3N4O2/c1-27-22-28-11-10-20(30-22)32-17-8-9-18-14(12-17)4-2-7-19(18)21(31)29-16-6-3-5-15(13-16)23(24,25)26/h2-13H,1H3,(H,29,31)(H,27,28,30). The van der Waals surface area contributed by atoms with Crippen molar-refractivity contribution in [2.45, 2.75) is 6.18 Å². The van der Waals surface area contributed by atoms with Gasteiger partial charge in [-0.3, -0.25) is 4.79 Å². The van der Waals surface area contributed by atoms with Gasteiger partial charge in [-0.05, 0) is 53.2 Å². The number of benzene rings is 3. The van der Waals surface area contributed by atoms with Gasteiger partial charge in [0.2, 0.25) is 11.8 Å². The molecule has 2 N–H and O–H groups in total. The lowest BCUT2D eigenvalue weighted by atomic mass is 10.0. The van der Waals surface area contributed by atoms with E-state index >= 15 is 0 Å². The fourth-order valence-corrected chi connectivity index (χ4v) is 3.14. The van der Waals surface area contributed by atoms with Crippen molar-refractivity contribution in [3.8, 4) is 11.6 Å². The maximum absolute atomic E-state index is 12.9. The molecular weight excluding hydrogens is 421 g/mol. The Morgan fingerprint density at radius 2 is 1.81 bits per heavy atom. The molecule has 0 bridgehead atoms. The summed E-state index contributed by atoms with van der Waals surface area (Å²) in [6.45, 7) is 0. The van der Waals surface area contributed by atoms with Gasteiger partial charge in [-0.1, -0.05) is 18.2 Å². The number of anilines is 2. The summed E-state index contributed by atoms with van der Waals surface area (Å²) in [5.74, 6) is 0.755. The van der Waals surface area contributed by atoms with Gasteiger partial charge in [0, 0.05) is 30.6 Å². The number of aromatic nitrogens is 2. The normalized spacial score (nSPS) is 11.2. The van der Waals surface area contributed by atoms with Gasteiger partial charge in [0.25, 0.3) is 5.91 Å². The minimum absolute atomic E-state index is 0.0610. The summed E-state index contributed by atoms with van der Waals surface area (Å²) >= 11 is 0. The van der Waals surface area contributed by atoms with E-state index in [9.17, 15) is 18.0 Å². The average Bonchev–Trinajstić information content (AvgIpc) is 2.78. The number of nitrogens with one attached hydrogen (secondary N) is 2. The summed E-state index contributed by atoms with van der Waals surface area (Å²) in [6, 6.07) is 16.4. The number of halogens is 3. The van der Waals surface area contributed by atoms with Crippen LogP contribution in [0.1, 0.15) is 15.9 Å². The number of amides is 1. The Kier molecular flexibility index (Phi) is 5.63. The first-order chi connectivity index (χ1) is 15.3. The molecule has 1 aromatic heterocycles. The molecule has 1 amide bonds. The Bertz CT molecular complexity index is 1290. The van der Waals surface area contributed by atoms with Crippen LogP contribution in [0.15, 0.2) is 72.9 Å². The highest BCUT2D eigenvalue weighted by Crippen LogP contribution is 2.31. The monoisotopic (exact) mass is 438 g/mol. The molecule has 4 aromatic rings. The van der Waals surface area contributed by atoms with E-state index in [-0.39, 0.29) is 5.69 Å². The SMILES string of the molecule is CNc1nccc(Oc2ccc3c(C(=O)Nc4cccc(C(F)(F)F)c4)cccc3c2)n1. The van der Waals surface area contributed by atoms with Crippen molar-refractivity contribution in [2.24, 2.45) is 0 Å². The number of fused-ring (bicyclic) bond motifs is 1. The fourth-order valence-electron chi connectivity index (χ4n) is 3.14. The van der Waals surface area contributed by atoms with E-state index in [1.807, 2.05) is 6.07 Å². The van der Waals surface area contributed by atoms with Gasteiger partial charge in [0.15, 0.2) is 0 Å². The summed E-state index contributed by atoms with van der Waals surface area (Å²) < 4.78 is 44.6. The number of ether oxygens (including phenoxy) is 1. The highest BCUT2D eigenvalue weighted by Gasteiger charge is 2.30. The molecule has 0 saturated carbocycles. The van der Waals surface area contributed by atoms with Crippen LogP contribution >= 0.6 is 0 Å². The lowest BCUT2D eigenvalue weighted by molar-refractivity contribution is -0.137. The molecule has 0 unspecified atom stereocenters. The van der Waals surface area contributed by atoms with Crippen LogP contribution in [0.3, 0.4) is 0 Å². The largest absolute Gasteiger partial charge is 0.439 e. The molecule has 3 aromatic carbocycles. The summed E-state index contributed by atoms with van der Waals surface area (Å²) in [7, 11) is 1.70. The number of rotatable bonds is 5. The Balaban J connectivity index is 1.59. The van der Waals surface area contributed by atoms with Gasteiger partial charge in [-0.2, -0.15) is 18.2 Å². The molecular formula is C23H17F3N4O2. The Morgan fingerprint density at radius 3 is 2.59 bits per heavy atom. The number of carbonyl (C=O) groups is 1. The van der Waals surface area contributed by atoms with Gasteiger partial charge >= 0.3 is 6.18 Å². The summed E-state index contributed by atoms with van der Waals surface area (Å²) in [4.78, 5) is 21.0. The van der Waals surface area contributed by atoms with Gasteiger partial charge < -0.3 is 15.4 Å². The second-order valence-corrected chi connectivity index (χ2v) is 6.79. The highest BCUT2D eigenvalue weighted by molar-refractivity contribution is 6.13.